The van der Waals surface area contributed by atoms with E-state index in [4.69, 9.17) is 32.5 Å². The third-order valence-corrected chi connectivity index (χ3v) is 12.1. The number of amides is 3. The highest BCUT2D eigenvalue weighted by molar-refractivity contribution is 9.10. The largest absolute Gasteiger partial charge is 0.444 e. The van der Waals surface area contributed by atoms with E-state index in [1.54, 1.807) is 130 Å². The van der Waals surface area contributed by atoms with Gasteiger partial charge in [-0.15, -0.1) is 33.6 Å². The molecule has 3 amide bonds. The van der Waals surface area contributed by atoms with Crippen molar-refractivity contribution in [3.63, 3.8) is 0 Å². The van der Waals surface area contributed by atoms with Crippen LogP contribution in [0.15, 0.2) is 116 Å². The molecule has 0 fully saturated rings. The summed E-state index contributed by atoms with van der Waals surface area (Å²) in [6.07, 6.45) is -11.8. The predicted molar refractivity (Wildman–Crippen MR) is 297 cm³/mol. The third kappa shape index (κ3) is 17.4. The summed E-state index contributed by atoms with van der Waals surface area (Å²) in [5.41, 5.74) is -8.45. The van der Waals surface area contributed by atoms with Gasteiger partial charge in [0.1, 0.15) is 27.1 Å². The zero-order valence-corrected chi connectivity index (χ0v) is 49.1. The lowest BCUT2D eigenvalue weighted by Gasteiger charge is -2.32. The zero-order chi connectivity index (χ0) is 61.9. The van der Waals surface area contributed by atoms with Gasteiger partial charge in [0.25, 0.3) is 29.1 Å². The number of imide groups is 1. The molecule has 2 atom stereocenters. The fraction of sp³-hybridized carbons (Fsp3) is 0.421. The number of nitrogens with zero attached hydrogens (tertiary/aromatic N) is 6. The number of ether oxygens (including phenoxy) is 5. The summed E-state index contributed by atoms with van der Waals surface area (Å²) >= 11 is 3.29. The van der Waals surface area contributed by atoms with Crippen LogP contribution < -0.4 is 15.8 Å². The van der Waals surface area contributed by atoms with E-state index in [-0.39, 0.29) is 52.4 Å². The molecule has 19 nitrogen and oxygen atoms in total. The number of rotatable bonds is 18. The van der Waals surface area contributed by atoms with Gasteiger partial charge in [-0.2, -0.15) is 31.2 Å². The van der Waals surface area contributed by atoms with Crippen molar-refractivity contribution in [2.75, 3.05) is 10.2 Å². The second-order valence-corrected chi connectivity index (χ2v) is 22.4. The van der Waals surface area contributed by atoms with Crippen LogP contribution in [0.5, 0.6) is 0 Å². The molecule has 6 aromatic rings. The Morgan fingerprint density at radius 2 is 1.08 bits per heavy atom. The molecule has 0 bridgehead atoms. The molecule has 0 aliphatic heterocycles. The maximum absolute atomic E-state index is 14.9. The first-order chi connectivity index (χ1) is 38.5. The number of carbonyl (C=O) groups is 3. The highest BCUT2D eigenvalue weighted by atomic mass is 79.9. The monoisotopic (exact) mass is 1230 g/mol. The Morgan fingerprint density at radius 3 is 1.51 bits per heavy atom. The number of H-pyrrole nitrogens is 1. The summed E-state index contributed by atoms with van der Waals surface area (Å²) in [5.74, 6) is -2.73. The number of aryl methyl sites for hydroxylation is 2. The smallest absolute Gasteiger partial charge is 0.426 e. The van der Waals surface area contributed by atoms with Crippen molar-refractivity contribution in [3.05, 3.63) is 147 Å². The fourth-order valence-electron chi connectivity index (χ4n) is 7.42. The molecule has 6 rings (SSSR count). The van der Waals surface area contributed by atoms with Crippen molar-refractivity contribution in [3.8, 4) is 23.2 Å². The van der Waals surface area contributed by atoms with E-state index in [0.717, 1.165) is 0 Å². The van der Waals surface area contributed by atoms with Gasteiger partial charge in [-0.3, -0.25) is 10.1 Å². The number of aromatic nitrogens is 6. The summed E-state index contributed by atoms with van der Waals surface area (Å²) < 4.78 is 127. The highest BCUT2D eigenvalue weighted by Crippen LogP contribution is 2.48. The number of aromatic amines is 1. The lowest BCUT2D eigenvalue weighted by molar-refractivity contribution is -0.299. The van der Waals surface area contributed by atoms with Gasteiger partial charge in [0.15, 0.2) is 5.69 Å². The molecule has 4 heterocycles. The molecule has 26 heteroatoms. The number of allylic oxidation sites excluding steroid dienone is 2. The molecule has 0 aliphatic carbocycles. The van der Waals surface area contributed by atoms with Crippen LogP contribution in [0.1, 0.15) is 122 Å². The van der Waals surface area contributed by atoms with E-state index in [0.29, 0.717) is 21.6 Å². The minimum Gasteiger partial charge on any atom is -0.444 e. The third-order valence-electron chi connectivity index (χ3n) is 11.3. The van der Waals surface area contributed by atoms with Crippen LogP contribution in [0.4, 0.5) is 52.1 Å². The number of benzene rings is 2. The summed E-state index contributed by atoms with van der Waals surface area (Å²) in [6.45, 7) is 24.0. The van der Waals surface area contributed by atoms with E-state index in [9.17, 15) is 45.5 Å². The number of nitrogens with one attached hydrogen (secondary N) is 2. The van der Waals surface area contributed by atoms with E-state index < -0.39 is 107 Å². The van der Waals surface area contributed by atoms with Gasteiger partial charge in [0, 0.05) is 5.56 Å². The average molecular weight is 1230 g/mol. The van der Waals surface area contributed by atoms with Gasteiger partial charge in [-0.25, -0.2) is 19.4 Å². The lowest BCUT2D eigenvalue weighted by Crippen LogP contribution is -2.45. The molecule has 0 spiro atoms. The standard InChI is InChI=1S/C31H36BrF3N4O6.C26H29F3N4O5/c1-9-10-16-30(31(33,34)35,42-18-20-14-12-11-13-15-20)25-38-37-24(43-25)22-21(17-19(2)23(32)36-22)39(26(40)44-28(3,4)5)27(41)45-29(6,7)8;1-6-7-13-25(26(27,28)29,36-15-17-11-9-8-10-12-17)22-33-32-21(37-22)19-18(14-16(2)20(34)31-19)30-23(35)38-24(3,4)5/h9,11-15,17H,1,10,16,18H2,2-8H3;6,8-12,14H,1,7,13,15H2,2-5H3,(H,30,35)(H,31,34)/t30-;25-/m11/s1. The highest BCUT2D eigenvalue weighted by Gasteiger charge is 2.62. The fourth-order valence-corrected chi connectivity index (χ4v) is 7.71. The summed E-state index contributed by atoms with van der Waals surface area (Å²) in [5, 5.41) is 17.5. The van der Waals surface area contributed by atoms with Gasteiger partial charge in [-0.1, -0.05) is 72.8 Å². The van der Waals surface area contributed by atoms with E-state index in [1.807, 2.05) is 0 Å². The normalized spacial score (nSPS) is 13.6. The molecule has 448 valence electrons. The molecule has 0 saturated heterocycles. The van der Waals surface area contributed by atoms with Gasteiger partial charge in [0.2, 0.25) is 11.2 Å². The maximum atomic E-state index is 14.9. The number of halogens is 7. The van der Waals surface area contributed by atoms with E-state index in [2.05, 4.69) is 64.8 Å². The number of pyridine rings is 2. The topological polar surface area (TPSA) is 236 Å². The number of hydrogen-bond donors (Lipinski definition) is 2. The molecule has 2 N–H and O–H groups in total. The average Bonchev–Trinajstić information content (AvgIpc) is 3.26. The molecule has 2 aromatic carbocycles. The quantitative estimate of drug-likeness (QED) is 0.0352. The Bertz CT molecular complexity index is 3250. The van der Waals surface area contributed by atoms with Crippen molar-refractivity contribution >= 4 is 45.6 Å². The zero-order valence-electron chi connectivity index (χ0n) is 47.6. The summed E-state index contributed by atoms with van der Waals surface area (Å²) in [4.78, 5) is 59.0. The van der Waals surface area contributed by atoms with Crippen molar-refractivity contribution in [1.82, 2.24) is 30.4 Å². The van der Waals surface area contributed by atoms with Crippen LogP contribution >= 0.6 is 15.9 Å². The van der Waals surface area contributed by atoms with E-state index in [1.165, 1.54) is 31.2 Å². The SMILES string of the molecule is C=CCC[C@@](OCc1ccccc1)(c1nnc(-c2[nH]c(=O)c(C)cc2NC(=O)OC(C)(C)C)o1)C(F)(F)F.C=CCC[C@@](OCc1ccccc1)(c1nnc(-c2nc(Br)c(C)cc2N(C(=O)OC(C)(C)C)C(=O)OC(C)(C)C)o1)C(F)(F)F. The van der Waals surface area contributed by atoms with Crippen molar-refractivity contribution in [2.45, 2.75) is 155 Å². The molecule has 0 radical (unpaired) electrons. The van der Waals surface area contributed by atoms with E-state index >= 15 is 0 Å². The molecular weight excluding hydrogens is 1170 g/mol. The van der Waals surface area contributed by atoms with Crippen molar-refractivity contribution in [2.24, 2.45) is 0 Å². The first kappa shape index (κ1) is 66.1. The molecule has 0 aliphatic rings. The summed E-state index contributed by atoms with van der Waals surface area (Å²) in [6, 6.07) is 19.4. The molecule has 0 saturated carbocycles. The Morgan fingerprint density at radius 1 is 0.651 bits per heavy atom. The van der Waals surface area contributed by atoms with Crippen LogP contribution in [-0.2, 0) is 48.1 Å². The number of hydrogen-bond acceptors (Lipinski definition) is 16. The minimum atomic E-state index is -5.00. The van der Waals surface area contributed by atoms with Crippen LogP contribution in [0.25, 0.3) is 23.2 Å². The molecular formula is C57H65BrF6N8O11. The molecule has 4 aromatic heterocycles. The second kappa shape index (κ2) is 26.7. The van der Waals surface area contributed by atoms with Gasteiger partial charge in [-0.05, 0) is 147 Å². The Balaban J connectivity index is 0.000000308. The van der Waals surface area contributed by atoms with Crippen LogP contribution in [-0.4, -0.2) is 77.8 Å². The van der Waals surface area contributed by atoms with Gasteiger partial charge < -0.3 is 37.5 Å². The van der Waals surface area contributed by atoms with Gasteiger partial charge in [0.05, 0.1) is 24.6 Å². The Labute approximate surface area is 483 Å². The summed E-state index contributed by atoms with van der Waals surface area (Å²) in [7, 11) is 0. The molecule has 83 heavy (non-hydrogen) atoms. The van der Waals surface area contributed by atoms with Crippen LogP contribution in [0.2, 0.25) is 0 Å². The van der Waals surface area contributed by atoms with Crippen LogP contribution in [0, 0.1) is 13.8 Å². The number of carbonyl (C=O) groups excluding carboxylic acids is 3. The van der Waals surface area contributed by atoms with Crippen molar-refractivity contribution < 1.29 is 73.2 Å². The maximum Gasteiger partial charge on any atom is 0.426 e. The number of anilines is 2. The van der Waals surface area contributed by atoms with Crippen molar-refractivity contribution in [1.29, 1.82) is 0 Å². The Kier molecular flexibility index (Phi) is 21.2. The lowest BCUT2D eigenvalue weighted by atomic mass is 9.96. The first-order valence-electron chi connectivity index (χ1n) is 25.6. The molecule has 0 unspecified atom stereocenters. The van der Waals surface area contributed by atoms with Crippen LogP contribution in [0.3, 0.4) is 0 Å². The minimum absolute atomic E-state index is 0.000420. The first-order valence-corrected chi connectivity index (χ1v) is 26.4. The second-order valence-electron chi connectivity index (χ2n) is 21.6. The Hall–Kier alpha value is -7.71. The van der Waals surface area contributed by atoms with Gasteiger partial charge >= 0.3 is 30.6 Å². The number of alkyl halides is 6. The predicted octanol–water partition coefficient (Wildman–Crippen LogP) is 14.8.